The molecule has 0 bridgehead atoms. The first-order chi connectivity index (χ1) is 7.27. The van der Waals surface area contributed by atoms with E-state index in [1.165, 1.54) is 10.8 Å². The predicted octanol–water partition coefficient (Wildman–Crippen LogP) is 0.420. The topological polar surface area (TPSA) is 80.9 Å². The molecule has 0 spiro atoms. The third kappa shape index (κ3) is 1.98. The zero-order valence-electron chi connectivity index (χ0n) is 7.74. The summed E-state index contributed by atoms with van der Waals surface area (Å²) in [4.78, 5) is 22.5. The SMILES string of the molecule is O=C(O)c1nccn1Cc1ncccn1. The standard InChI is InChI=1S/C9H8N4O2/c14-9(15)8-12-4-5-13(8)6-7-10-2-1-3-11-7/h1-5H,6H2,(H,14,15). The van der Waals surface area contributed by atoms with Gasteiger partial charge in [0.25, 0.3) is 0 Å². The molecule has 0 aliphatic heterocycles. The Balaban J connectivity index is 2.25. The smallest absolute Gasteiger partial charge is 0.372 e. The molecule has 0 saturated heterocycles. The third-order valence-corrected chi connectivity index (χ3v) is 1.84. The Labute approximate surface area is 85.3 Å². The second-order valence-corrected chi connectivity index (χ2v) is 2.85. The van der Waals surface area contributed by atoms with Crippen molar-refractivity contribution in [2.75, 3.05) is 0 Å². The van der Waals surface area contributed by atoms with E-state index in [4.69, 9.17) is 5.11 Å². The van der Waals surface area contributed by atoms with Gasteiger partial charge in [0.2, 0.25) is 5.82 Å². The number of carboxylic acid groups (broad SMARTS) is 1. The van der Waals surface area contributed by atoms with E-state index in [0.29, 0.717) is 12.4 Å². The molecule has 0 aliphatic rings. The molecule has 0 unspecified atom stereocenters. The van der Waals surface area contributed by atoms with Gasteiger partial charge in [0, 0.05) is 24.8 Å². The van der Waals surface area contributed by atoms with E-state index in [1.807, 2.05) is 0 Å². The monoisotopic (exact) mass is 204 g/mol. The Morgan fingerprint density at radius 1 is 1.27 bits per heavy atom. The van der Waals surface area contributed by atoms with Crippen molar-refractivity contribution in [2.45, 2.75) is 6.54 Å². The number of nitrogens with zero attached hydrogens (tertiary/aromatic N) is 4. The van der Waals surface area contributed by atoms with Gasteiger partial charge >= 0.3 is 5.97 Å². The average molecular weight is 204 g/mol. The van der Waals surface area contributed by atoms with E-state index in [9.17, 15) is 4.79 Å². The van der Waals surface area contributed by atoms with Crippen molar-refractivity contribution >= 4 is 5.97 Å². The molecule has 0 amide bonds. The van der Waals surface area contributed by atoms with Crippen molar-refractivity contribution in [1.82, 2.24) is 19.5 Å². The molecule has 0 saturated carbocycles. The second-order valence-electron chi connectivity index (χ2n) is 2.85. The average Bonchev–Trinajstić information content (AvgIpc) is 2.67. The highest BCUT2D eigenvalue weighted by atomic mass is 16.4. The Kier molecular flexibility index (Phi) is 2.40. The first-order valence-corrected chi connectivity index (χ1v) is 4.27. The summed E-state index contributed by atoms with van der Waals surface area (Å²) in [6.07, 6.45) is 6.24. The summed E-state index contributed by atoms with van der Waals surface area (Å²) in [5, 5.41) is 8.81. The van der Waals surface area contributed by atoms with E-state index in [2.05, 4.69) is 15.0 Å². The molecular weight excluding hydrogens is 196 g/mol. The minimum Gasteiger partial charge on any atom is -0.475 e. The fourth-order valence-electron chi connectivity index (χ4n) is 1.20. The van der Waals surface area contributed by atoms with Gasteiger partial charge in [-0.15, -0.1) is 0 Å². The van der Waals surface area contributed by atoms with Crippen LogP contribution < -0.4 is 0 Å². The Morgan fingerprint density at radius 2 is 2.00 bits per heavy atom. The van der Waals surface area contributed by atoms with Crippen LogP contribution in [-0.2, 0) is 6.54 Å². The quantitative estimate of drug-likeness (QED) is 0.783. The number of imidazole rings is 1. The van der Waals surface area contributed by atoms with Crippen molar-refractivity contribution in [3.63, 3.8) is 0 Å². The minimum absolute atomic E-state index is 0.0116. The number of carbonyl (C=O) groups is 1. The van der Waals surface area contributed by atoms with Crippen LogP contribution in [0.3, 0.4) is 0 Å². The van der Waals surface area contributed by atoms with E-state index in [0.717, 1.165) is 0 Å². The molecule has 2 heterocycles. The number of aromatic nitrogens is 4. The summed E-state index contributed by atoms with van der Waals surface area (Å²) in [7, 11) is 0. The molecule has 2 aromatic heterocycles. The molecule has 2 aromatic rings. The lowest BCUT2D eigenvalue weighted by Crippen LogP contribution is -2.11. The second kappa shape index (κ2) is 3.87. The lowest BCUT2D eigenvalue weighted by atomic mass is 10.5. The zero-order chi connectivity index (χ0) is 10.7. The van der Waals surface area contributed by atoms with Crippen LogP contribution in [0.1, 0.15) is 16.4 Å². The van der Waals surface area contributed by atoms with Gasteiger partial charge in [0.1, 0.15) is 5.82 Å². The molecule has 0 radical (unpaired) electrons. The molecule has 1 N–H and O–H groups in total. The molecule has 0 aromatic carbocycles. The van der Waals surface area contributed by atoms with Crippen molar-refractivity contribution < 1.29 is 9.90 Å². The first kappa shape index (κ1) is 9.32. The summed E-state index contributed by atoms with van der Waals surface area (Å²) in [5.74, 6) is -0.517. The largest absolute Gasteiger partial charge is 0.475 e. The van der Waals surface area contributed by atoms with E-state index in [-0.39, 0.29) is 5.82 Å². The molecule has 6 heteroatoms. The van der Waals surface area contributed by atoms with Crippen LogP contribution in [0.5, 0.6) is 0 Å². The minimum atomic E-state index is -1.06. The maximum absolute atomic E-state index is 10.7. The van der Waals surface area contributed by atoms with Gasteiger partial charge < -0.3 is 9.67 Å². The van der Waals surface area contributed by atoms with Crippen molar-refractivity contribution in [3.8, 4) is 0 Å². The molecule has 15 heavy (non-hydrogen) atoms. The molecule has 6 nitrogen and oxygen atoms in total. The summed E-state index contributed by atoms with van der Waals surface area (Å²) < 4.78 is 1.48. The normalized spacial score (nSPS) is 10.1. The van der Waals surface area contributed by atoms with Crippen LogP contribution in [0.4, 0.5) is 0 Å². The van der Waals surface area contributed by atoms with Crippen LogP contribution in [-0.4, -0.2) is 30.6 Å². The van der Waals surface area contributed by atoms with Gasteiger partial charge in [-0.05, 0) is 6.07 Å². The maximum Gasteiger partial charge on any atom is 0.372 e. The Morgan fingerprint density at radius 3 is 2.67 bits per heavy atom. The molecule has 0 aliphatic carbocycles. The van der Waals surface area contributed by atoms with Crippen molar-refractivity contribution in [3.05, 3.63) is 42.5 Å². The van der Waals surface area contributed by atoms with E-state index in [1.54, 1.807) is 24.7 Å². The van der Waals surface area contributed by atoms with Crippen LogP contribution in [0.25, 0.3) is 0 Å². The lowest BCUT2D eigenvalue weighted by Gasteiger charge is -2.02. The van der Waals surface area contributed by atoms with E-state index < -0.39 is 5.97 Å². The Bertz CT molecular complexity index is 466. The van der Waals surface area contributed by atoms with Crippen LogP contribution in [0.2, 0.25) is 0 Å². The van der Waals surface area contributed by atoms with Gasteiger partial charge in [0.15, 0.2) is 0 Å². The van der Waals surface area contributed by atoms with Crippen LogP contribution in [0.15, 0.2) is 30.9 Å². The Hall–Kier alpha value is -2.24. The fourth-order valence-corrected chi connectivity index (χ4v) is 1.20. The van der Waals surface area contributed by atoms with Gasteiger partial charge in [-0.1, -0.05) is 0 Å². The van der Waals surface area contributed by atoms with Crippen LogP contribution in [0, 0.1) is 0 Å². The molecule has 76 valence electrons. The van der Waals surface area contributed by atoms with Crippen molar-refractivity contribution in [2.24, 2.45) is 0 Å². The summed E-state index contributed by atoms with van der Waals surface area (Å²) in [6, 6.07) is 1.70. The zero-order valence-corrected chi connectivity index (χ0v) is 7.74. The fraction of sp³-hybridized carbons (Fsp3) is 0.111. The molecular formula is C9H8N4O2. The highest BCUT2D eigenvalue weighted by molar-refractivity contribution is 5.83. The molecule has 0 fully saturated rings. The number of rotatable bonds is 3. The number of carboxylic acids is 1. The summed E-state index contributed by atoms with van der Waals surface area (Å²) in [6.45, 7) is 0.308. The molecule has 0 atom stereocenters. The number of aromatic carboxylic acids is 1. The summed E-state index contributed by atoms with van der Waals surface area (Å²) in [5.41, 5.74) is 0. The lowest BCUT2D eigenvalue weighted by molar-refractivity contribution is 0.0678. The number of hydrogen-bond donors (Lipinski definition) is 1. The van der Waals surface area contributed by atoms with Gasteiger partial charge in [0.05, 0.1) is 6.54 Å². The summed E-state index contributed by atoms with van der Waals surface area (Å²) >= 11 is 0. The van der Waals surface area contributed by atoms with Gasteiger partial charge in [-0.25, -0.2) is 19.7 Å². The van der Waals surface area contributed by atoms with Crippen LogP contribution >= 0.6 is 0 Å². The van der Waals surface area contributed by atoms with Crippen molar-refractivity contribution in [1.29, 1.82) is 0 Å². The predicted molar refractivity (Wildman–Crippen MR) is 50.3 cm³/mol. The number of hydrogen-bond acceptors (Lipinski definition) is 4. The first-order valence-electron chi connectivity index (χ1n) is 4.27. The van der Waals surface area contributed by atoms with Gasteiger partial charge in [-0.3, -0.25) is 0 Å². The molecule has 2 rings (SSSR count). The highest BCUT2D eigenvalue weighted by Gasteiger charge is 2.11. The van der Waals surface area contributed by atoms with Gasteiger partial charge in [-0.2, -0.15) is 0 Å². The third-order valence-electron chi connectivity index (χ3n) is 1.84. The van der Waals surface area contributed by atoms with E-state index >= 15 is 0 Å². The maximum atomic E-state index is 10.7. The highest BCUT2D eigenvalue weighted by Crippen LogP contribution is 2.00.